The van der Waals surface area contributed by atoms with Crippen LogP contribution in [-0.4, -0.2) is 12.1 Å². The van der Waals surface area contributed by atoms with Crippen molar-refractivity contribution < 1.29 is 13.9 Å². The summed E-state index contributed by atoms with van der Waals surface area (Å²) in [4.78, 5) is 3.59. The zero-order valence-electron chi connectivity index (χ0n) is 8.61. The highest BCUT2D eigenvalue weighted by Gasteiger charge is 2.05. The van der Waals surface area contributed by atoms with Gasteiger partial charge in [-0.15, -0.1) is 0 Å². The summed E-state index contributed by atoms with van der Waals surface area (Å²) in [5.41, 5.74) is 0. The summed E-state index contributed by atoms with van der Waals surface area (Å²) in [7, 11) is 1.52. The summed E-state index contributed by atoms with van der Waals surface area (Å²) in [6, 6.07) is 12.2. The van der Waals surface area contributed by atoms with E-state index in [1.54, 1.807) is 24.3 Å². The van der Waals surface area contributed by atoms with E-state index in [0.717, 1.165) is 0 Å². The molecule has 0 aliphatic heterocycles. The second kappa shape index (κ2) is 4.61. The molecule has 0 fully saturated rings. The van der Waals surface area contributed by atoms with Gasteiger partial charge in [-0.05, 0) is 24.3 Å². The molecule has 3 nitrogen and oxygen atoms in total. The van der Waals surface area contributed by atoms with Crippen molar-refractivity contribution >= 4 is 0 Å². The molecule has 0 unspecified atom stereocenters. The molecule has 0 aliphatic carbocycles. The van der Waals surface area contributed by atoms with Crippen molar-refractivity contribution in [3.05, 3.63) is 48.4 Å². The van der Waals surface area contributed by atoms with E-state index in [4.69, 9.17) is 9.47 Å². The average Bonchev–Trinajstić information content (AvgIpc) is 2.30. The van der Waals surface area contributed by atoms with Gasteiger partial charge in [0.1, 0.15) is 0 Å². The van der Waals surface area contributed by atoms with Crippen LogP contribution in [0.1, 0.15) is 0 Å². The maximum absolute atomic E-state index is 12.8. The average molecular weight is 218 g/mol. The van der Waals surface area contributed by atoms with Crippen molar-refractivity contribution in [1.29, 1.82) is 0 Å². The van der Waals surface area contributed by atoms with E-state index < -0.39 is 5.95 Å². The maximum atomic E-state index is 12.8. The third kappa shape index (κ3) is 2.28. The lowest BCUT2D eigenvalue weighted by molar-refractivity contribution is 0.371. The Kier molecular flexibility index (Phi) is 3.00. The minimum Gasteiger partial charge on any atom is -0.493 e. The lowest BCUT2D eigenvalue weighted by atomic mass is 10.3. The quantitative estimate of drug-likeness (QED) is 0.742. The highest BCUT2D eigenvalue weighted by Crippen LogP contribution is 2.29. The third-order valence-corrected chi connectivity index (χ3v) is 1.91. The zero-order chi connectivity index (χ0) is 11.4. The molecule has 1 radical (unpaired) electrons. The number of rotatable bonds is 3. The Morgan fingerprint density at radius 3 is 2.88 bits per heavy atom. The minimum absolute atomic E-state index is 0.185. The van der Waals surface area contributed by atoms with Crippen molar-refractivity contribution in [2.75, 3.05) is 7.11 Å². The number of halogens is 1. The minimum atomic E-state index is -0.584. The van der Waals surface area contributed by atoms with Crippen LogP contribution in [0, 0.1) is 12.0 Å². The van der Waals surface area contributed by atoms with Crippen LogP contribution in [0.3, 0.4) is 0 Å². The smallest absolute Gasteiger partial charge is 0.222 e. The fraction of sp³-hybridized carbons (Fsp3) is 0.0833. The molecular weight excluding hydrogens is 209 g/mol. The van der Waals surface area contributed by atoms with Crippen LogP contribution in [0.25, 0.3) is 0 Å². The normalized spacial score (nSPS) is 9.88. The van der Waals surface area contributed by atoms with Gasteiger partial charge >= 0.3 is 0 Å². The molecule has 0 saturated heterocycles. The predicted molar refractivity (Wildman–Crippen MR) is 56.1 cm³/mol. The molecule has 0 amide bonds. The van der Waals surface area contributed by atoms with Gasteiger partial charge in [0.25, 0.3) is 0 Å². The van der Waals surface area contributed by atoms with Crippen LogP contribution < -0.4 is 9.47 Å². The van der Waals surface area contributed by atoms with E-state index in [0.29, 0.717) is 11.5 Å². The monoisotopic (exact) mass is 218 g/mol. The van der Waals surface area contributed by atoms with E-state index in [2.05, 4.69) is 11.1 Å². The molecule has 2 rings (SSSR count). The Bertz CT molecular complexity index is 488. The largest absolute Gasteiger partial charge is 0.493 e. The Balaban J connectivity index is 2.26. The molecule has 2 aromatic rings. The number of benzene rings is 1. The van der Waals surface area contributed by atoms with Crippen molar-refractivity contribution in [3.63, 3.8) is 0 Å². The van der Waals surface area contributed by atoms with Gasteiger partial charge in [-0.1, -0.05) is 12.1 Å². The summed E-state index contributed by atoms with van der Waals surface area (Å²) < 4.78 is 23.3. The molecule has 1 aromatic heterocycles. The topological polar surface area (TPSA) is 31.4 Å². The van der Waals surface area contributed by atoms with Gasteiger partial charge in [0.2, 0.25) is 11.8 Å². The molecule has 0 atom stereocenters. The van der Waals surface area contributed by atoms with Crippen LogP contribution in [0.5, 0.6) is 17.4 Å². The Labute approximate surface area is 92.5 Å². The Morgan fingerprint density at radius 1 is 1.25 bits per heavy atom. The molecule has 0 spiro atoms. The first kappa shape index (κ1) is 10.4. The lowest BCUT2D eigenvalue weighted by Gasteiger charge is -2.08. The highest BCUT2D eigenvalue weighted by atomic mass is 19.1. The van der Waals surface area contributed by atoms with Gasteiger partial charge in [0.15, 0.2) is 11.5 Å². The molecule has 1 aromatic carbocycles. The van der Waals surface area contributed by atoms with Gasteiger partial charge in [-0.3, -0.25) is 0 Å². The van der Waals surface area contributed by atoms with E-state index >= 15 is 0 Å². The first-order chi connectivity index (χ1) is 7.79. The number of aromatic nitrogens is 1. The SMILES string of the molecule is COc1c[c]ccc1Oc1cccc(F)n1. The lowest BCUT2D eigenvalue weighted by Crippen LogP contribution is -1.92. The Hall–Kier alpha value is -2.10. The summed E-state index contributed by atoms with van der Waals surface area (Å²) in [6.45, 7) is 0. The Morgan fingerprint density at radius 2 is 2.12 bits per heavy atom. The number of nitrogens with zero attached hydrogens (tertiary/aromatic N) is 1. The van der Waals surface area contributed by atoms with Gasteiger partial charge in [-0.25, -0.2) is 0 Å². The molecule has 0 aliphatic rings. The standard InChI is InChI=1S/C12H9FNO2/c1-15-9-5-2-3-6-10(9)16-12-8-4-7-11(13)14-12/h3-8H,1H3. The molecule has 0 bridgehead atoms. The van der Waals surface area contributed by atoms with Gasteiger partial charge in [0, 0.05) is 6.07 Å². The molecular formula is C12H9FNO2. The van der Waals surface area contributed by atoms with E-state index in [1.807, 2.05) is 0 Å². The molecule has 0 N–H and O–H groups in total. The van der Waals surface area contributed by atoms with E-state index in [-0.39, 0.29) is 5.88 Å². The third-order valence-electron chi connectivity index (χ3n) is 1.91. The first-order valence-electron chi connectivity index (χ1n) is 4.64. The van der Waals surface area contributed by atoms with Crippen molar-refractivity contribution in [2.45, 2.75) is 0 Å². The predicted octanol–water partition coefficient (Wildman–Crippen LogP) is 2.82. The van der Waals surface area contributed by atoms with E-state index in [9.17, 15) is 4.39 Å². The van der Waals surface area contributed by atoms with Crippen LogP contribution in [0.15, 0.2) is 36.4 Å². The highest BCUT2D eigenvalue weighted by molar-refractivity contribution is 5.40. The van der Waals surface area contributed by atoms with Crippen LogP contribution >= 0.6 is 0 Å². The van der Waals surface area contributed by atoms with Crippen LogP contribution in [-0.2, 0) is 0 Å². The number of ether oxygens (including phenoxy) is 2. The summed E-state index contributed by atoms with van der Waals surface area (Å²) in [5, 5.41) is 0. The number of methoxy groups -OCH3 is 1. The van der Waals surface area contributed by atoms with Crippen molar-refractivity contribution in [2.24, 2.45) is 0 Å². The van der Waals surface area contributed by atoms with E-state index in [1.165, 1.54) is 19.2 Å². The molecule has 16 heavy (non-hydrogen) atoms. The second-order valence-electron chi connectivity index (χ2n) is 2.98. The van der Waals surface area contributed by atoms with Gasteiger partial charge in [0.05, 0.1) is 7.11 Å². The maximum Gasteiger partial charge on any atom is 0.222 e. The fourth-order valence-electron chi connectivity index (χ4n) is 1.20. The van der Waals surface area contributed by atoms with Gasteiger partial charge < -0.3 is 9.47 Å². The molecule has 1 heterocycles. The first-order valence-corrected chi connectivity index (χ1v) is 4.64. The molecule has 81 valence electrons. The van der Waals surface area contributed by atoms with Crippen molar-refractivity contribution in [3.8, 4) is 17.4 Å². The van der Waals surface area contributed by atoms with Crippen LogP contribution in [0.2, 0.25) is 0 Å². The molecule has 0 saturated carbocycles. The van der Waals surface area contributed by atoms with Gasteiger partial charge in [-0.2, -0.15) is 9.37 Å². The zero-order valence-corrected chi connectivity index (χ0v) is 8.61. The summed E-state index contributed by atoms with van der Waals surface area (Å²) in [6.07, 6.45) is 0. The number of pyridine rings is 1. The van der Waals surface area contributed by atoms with Crippen LogP contribution in [0.4, 0.5) is 4.39 Å². The summed E-state index contributed by atoms with van der Waals surface area (Å²) >= 11 is 0. The fourth-order valence-corrected chi connectivity index (χ4v) is 1.20. The summed E-state index contributed by atoms with van der Waals surface area (Å²) in [5.74, 6) is 0.594. The number of hydrogen-bond donors (Lipinski definition) is 0. The molecule has 4 heteroatoms. The second-order valence-corrected chi connectivity index (χ2v) is 2.98. The number of hydrogen-bond acceptors (Lipinski definition) is 3. The van der Waals surface area contributed by atoms with Crippen molar-refractivity contribution in [1.82, 2.24) is 4.98 Å².